The fraction of sp³-hybridized carbons (Fsp3) is 0.407. The van der Waals surface area contributed by atoms with E-state index in [-0.39, 0.29) is 0 Å². The Morgan fingerprint density at radius 3 is 1.30 bits per heavy atom. The summed E-state index contributed by atoms with van der Waals surface area (Å²) in [5.41, 5.74) is 23.5. The topological polar surface area (TPSA) is 75.8 Å². The summed E-state index contributed by atoms with van der Waals surface area (Å²) in [6.07, 6.45) is 12.7. The lowest BCUT2D eigenvalue weighted by Crippen LogP contribution is -1.94. The average Bonchev–Trinajstić information content (AvgIpc) is 3.94. The first-order chi connectivity index (χ1) is 29.2. The van der Waals surface area contributed by atoms with Crippen LogP contribution in [0, 0.1) is 13.8 Å². The van der Waals surface area contributed by atoms with Gasteiger partial charge in [-0.05, 0) is 171 Å². The van der Waals surface area contributed by atoms with E-state index in [9.17, 15) is 0 Å². The van der Waals surface area contributed by atoms with Gasteiger partial charge in [-0.25, -0.2) is 9.97 Å². The minimum absolute atomic E-state index is 0.824. The van der Waals surface area contributed by atoms with Gasteiger partial charge in [0.25, 0.3) is 0 Å². The molecule has 0 saturated carbocycles. The summed E-state index contributed by atoms with van der Waals surface area (Å²) >= 11 is 0. The molecule has 8 bridgehead atoms. The second-order valence-electron chi connectivity index (χ2n) is 16.8. The molecule has 0 radical (unpaired) electrons. The third kappa shape index (κ3) is 8.23. The maximum atomic E-state index is 5.85. The highest BCUT2D eigenvalue weighted by Crippen LogP contribution is 2.45. The number of nitrogens with zero attached hydrogens (tertiary/aromatic N) is 2. The zero-order valence-electron chi connectivity index (χ0n) is 38.0. The Morgan fingerprint density at radius 2 is 0.900 bits per heavy atom. The zero-order chi connectivity index (χ0) is 42.5. The van der Waals surface area contributed by atoms with E-state index in [1.54, 1.807) is 14.2 Å². The van der Waals surface area contributed by atoms with Crippen LogP contribution in [0.5, 0.6) is 11.5 Å². The highest BCUT2D eigenvalue weighted by Gasteiger charge is 2.28. The largest absolute Gasteiger partial charge is 0.497 e. The highest BCUT2D eigenvalue weighted by atomic mass is 16.5. The Hall–Kier alpha value is -5.36. The van der Waals surface area contributed by atoms with Gasteiger partial charge in [-0.3, -0.25) is 0 Å². The van der Waals surface area contributed by atoms with E-state index in [1.807, 2.05) is 12.1 Å². The molecule has 0 spiro atoms. The van der Waals surface area contributed by atoms with Gasteiger partial charge in [0, 0.05) is 22.2 Å². The van der Waals surface area contributed by atoms with E-state index in [0.29, 0.717) is 0 Å². The summed E-state index contributed by atoms with van der Waals surface area (Å²) in [6, 6.07) is 21.7. The Bertz CT molecular complexity index is 2490. The van der Waals surface area contributed by atoms with Crippen LogP contribution in [0.15, 0.2) is 60.7 Å². The fourth-order valence-electron chi connectivity index (χ4n) is 9.32. The summed E-state index contributed by atoms with van der Waals surface area (Å²) in [6.45, 7) is 18.3. The molecule has 0 saturated heterocycles. The first-order valence-corrected chi connectivity index (χ1v) is 22.7. The molecule has 5 heterocycles. The van der Waals surface area contributed by atoms with Gasteiger partial charge in [0.1, 0.15) is 11.5 Å². The van der Waals surface area contributed by atoms with Crippen LogP contribution in [0.2, 0.25) is 0 Å². The molecule has 6 nitrogen and oxygen atoms in total. The lowest BCUT2D eigenvalue weighted by molar-refractivity contribution is 0.415. The van der Waals surface area contributed by atoms with Gasteiger partial charge >= 0.3 is 0 Å². The van der Waals surface area contributed by atoms with E-state index < -0.39 is 0 Å². The summed E-state index contributed by atoms with van der Waals surface area (Å²) in [4.78, 5) is 19.6. The van der Waals surface area contributed by atoms with Crippen LogP contribution in [0.3, 0.4) is 0 Å². The van der Waals surface area contributed by atoms with Crippen LogP contribution in [0.4, 0.5) is 0 Å². The van der Waals surface area contributed by atoms with E-state index in [4.69, 9.17) is 19.4 Å². The van der Waals surface area contributed by atoms with Gasteiger partial charge in [0.05, 0.1) is 48.0 Å². The van der Waals surface area contributed by atoms with E-state index >= 15 is 0 Å². The molecular weight excluding hydrogens is 737 g/mol. The Balaban J connectivity index is 1.76. The van der Waals surface area contributed by atoms with Crippen LogP contribution >= 0.6 is 0 Å². The highest BCUT2D eigenvalue weighted by molar-refractivity contribution is 6.03. The molecule has 7 rings (SSSR count). The molecule has 2 N–H and O–H groups in total. The first kappa shape index (κ1) is 42.8. The minimum atomic E-state index is 0.824. The van der Waals surface area contributed by atoms with Crippen molar-refractivity contribution in [3.05, 3.63) is 106 Å². The molecule has 0 unspecified atom stereocenters. The maximum absolute atomic E-state index is 5.85. The molecule has 0 fully saturated rings. The monoisotopic (exact) mass is 803 g/mol. The van der Waals surface area contributed by atoms with Crippen molar-refractivity contribution < 1.29 is 9.47 Å². The van der Waals surface area contributed by atoms with Gasteiger partial charge in [-0.2, -0.15) is 0 Å². The van der Waals surface area contributed by atoms with Crippen LogP contribution in [-0.4, -0.2) is 34.2 Å². The Morgan fingerprint density at radius 1 is 0.500 bits per heavy atom. The lowest BCUT2D eigenvalue weighted by atomic mass is 9.92. The van der Waals surface area contributed by atoms with Gasteiger partial charge in [-0.15, -0.1) is 0 Å². The quantitative estimate of drug-likeness (QED) is 0.104. The number of H-pyrrole nitrogens is 2. The molecule has 0 amide bonds. The summed E-state index contributed by atoms with van der Waals surface area (Å²) in [7, 11) is 3.50. The van der Waals surface area contributed by atoms with Gasteiger partial charge < -0.3 is 19.4 Å². The standard InChI is InChI=1S/C54H66N4O2/c1-11-15-25-41-33(5)51-49(37-21-19-23-39(29-37)59-9)52-35(7)43(27-17-13-3)47(57-52)32-48-44(28-18-14-4)36(8)54(58-48)50(38-22-20-24-40(30-38)60-10)53-34(6)42(26-16-12-2)46(56-53)31-45(41)55-51/h19-24,29-32,55,57H,11-18,25-28H2,1-10H3. The second kappa shape index (κ2) is 18.9. The Labute approximate surface area is 358 Å². The number of fused-ring (bicyclic) bond motifs is 8. The Kier molecular flexibility index (Phi) is 13.5. The molecule has 3 aromatic heterocycles. The number of aryl methyl sites for hydroxylation is 4. The molecule has 2 aliphatic rings. The summed E-state index contributed by atoms with van der Waals surface area (Å²) < 4.78 is 11.7. The number of methoxy groups -OCH3 is 2. The van der Waals surface area contributed by atoms with Gasteiger partial charge in [-0.1, -0.05) is 77.6 Å². The van der Waals surface area contributed by atoms with Crippen LogP contribution in [-0.2, 0) is 12.8 Å². The number of rotatable bonds is 16. The van der Waals surface area contributed by atoms with E-state index in [0.717, 1.165) is 156 Å². The molecule has 60 heavy (non-hydrogen) atoms. The number of ether oxygens (including phenoxy) is 2. The van der Waals surface area contributed by atoms with Crippen molar-refractivity contribution in [2.24, 2.45) is 0 Å². The summed E-state index contributed by atoms with van der Waals surface area (Å²) in [5.74, 6) is 1.67. The van der Waals surface area contributed by atoms with Crippen molar-refractivity contribution >= 4 is 44.4 Å². The number of unbranched alkanes of at least 4 members (excludes halogenated alkanes) is 4. The van der Waals surface area contributed by atoms with Crippen LogP contribution < -0.4 is 9.47 Å². The van der Waals surface area contributed by atoms with Crippen molar-refractivity contribution in [2.45, 2.75) is 132 Å². The molecular formula is C54H66N4O2. The van der Waals surface area contributed by atoms with Gasteiger partial charge in [0.2, 0.25) is 0 Å². The predicted molar refractivity (Wildman–Crippen MR) is 256 cm³/mol. The number of hydrogen-bond acceptors (Lipinski definition) is 4. The SMILES string of the molecule is CCCCC1=C(C)c2nc1cc1[nH]c(c(C)c1CCCC)c(-c1cccc(OC)c1)c1[nH]c(cc3nc(c2-c2cccc(OC)c2)C(C)=C3CCCC)c(CCCC)c1C. The number of benzene rings is 2. The van der Waals surface area contributed by atoms with Crippen LogP contribution in [0.25, 0.3) is 66.6 Å². The van der Waals surface area contributed by atoms with E-state index in [2.05, 4.69) is 114 Å². The smallest absolute Gasteiger partial charge is 0.119 e. The molecule has 0 atom stereocenters. The fourth-order valence-corrected chi connectivity index (χ4v) is 9.32. The molecule has 2 aromatic carbocycles. The van der Waals surface area contributed by atoms with Crippen molar-refractivity contribution in [1.29, 1.82) is 0 Å². The predicted octanol–water partition coefficient (Wildman–Crippen LogP) is 15.2. The molecule has 6 heteroatoms. The second-order valence-corrected chi connectivity index (χ2v) is 16.8. The van der Waals surface area contributed by atoms with Crippen molar-refractivity contribution in [2.75, 3.05) is 14.2 Å². The third-order valence-corrected chi connectivity index (χ3v) is 12.9. The normalized spacial score (nSPS) is 12.8. The lowest BCUT2D eigenvalue weighted by Gasteiger charge is -2.11. The number of allylic oxidation sites excluding steroid dienone is 4. The van der Waals surface area contributed by atoms with Crippen molar-refractivity contribution in [3.8, 4) is 33.8 Å². The number of nitrogens with one attached hydrogen (secondary N) is 2. The molecule has 5 aromatic rings. The summed E-state index contributed by atoms with van der Waals surface area (Å²) in [5, 5.41) is 0. The number of hydrogen-bond donors (Lipinski definition) is 2. The average molecular weight is 803 g/mol. The molecule has 0 aliphatic carbocycles. The third-order valence-electron chi connectivity index (χ3n) is 12.9. The van der Waals surface area contributed by atoms with Crippen LogP contribution in [0.1, 0.15) is 151 Å². The van der Waals surface area contributed by atoms with E-state index in [1.165, 1.54) is 44.5 Å². The molecule has 2 aliphatic heterocycles. The van der Waals surface area contributed by atoms with Gasteiger partial charge in [0.15, 0.2) is 0 Å². The first-order valence-electron chi connectivity index (χ1n) is 22.7. The number of aromatic nitrogens is 4. The van der Waals surface area contributed by atoms with Crippen molar-refractivity contribution in [3.63, 3.8) is 0 Å². The van der Waals surface area contributed by atoms with Crippen molar-refractivity contribution in [1.82, 2.24) is 19.9 Å². The maximum Gasteiger partial charge on any atom is 0.119 e. The molecule has 314 valence electrons. The number of aromatic amines is 2. The minimum Gasteiger partial charge on any atom is -0.497 e. The zero-order valence-corrected chi connectivity index (χ0v) is 38.0.